The third-order valence-electron chi connectivity index (χ3n) is 5.70. The molecule has 4 rings (SSSR count). The number of carbonyl (C=O) groups excluding carboxylic acids is 2. The summed E-state index contributed by atoms with van der Waals surface area (Å²) in [4.78, 5) is 24.1. The number of furan rings is 1. The van der Waals surface area contributed by atoms with Crippen molar-refractivity contribution >= 4 is 29.4 Å². The number of thioether (sulfide) groups is 1. The topological polar surface area (TPSA) is 145 Å². The normalized spacial score (nSPS) is 13.1. The van der Waals surface area contributed by atoms with Gasteiger partial charge in [-0.3, -0.25) is 9.59 Å². The van der Waals surface area contributed by atoms with Crippen LogP contribution in [-0.2, 0) is 22.7 Å². The van der Waals surface area contributed by atoms with E-state index in [2.05, 4.69) is 21.6 Å². The smallest absolute Gasteiger partial charge is 0.235 e. The average Bonchev–Trinajstić information content (AvgIpc) is 3.26. The number of primary amides is 1. The van der Waals surface area contributed by atoms with Crippen molar-refractivity contribution in [2.45, 2.75) is 57.3 Å². The van der Waals surface area contributed by atoms with Crippen LogP contribution in [0.4, 0.5) is 5.82 Å². The predicted molar refractivity (Wildman–Crippen MR) is 122 cm³/mol. The average molecular weight is 468 g/mol. The third kappa shape index (κ3) is 4.96. The monoisotopic (exact) mass is 467 g/mol. The van der Waals surface area contributed by atoms with E-state index in [1.807, 2.05) is 29.0 Å². The first-order chi connectivity index (χ1) is 15.9. The molecule has 0 bridgehead atoms. The molecular formula is C22H25N7O3S. The van der Waals surface area contributed by atoms with Gasteiger partial charge in [0.15, 0.2) is 5.16 Å². The van der Waals surface area contributed by atoms with Crippen LogP contribution in [0.5, 0.6) is 0 Å². The lowest BCUT2D eigenvalue weighted by molar-refractivity contribution is -0.118. The van der Waals surface area contributed by atoms with E-state index in [-0.39, 0.29) is 18.1 Å². The number of nitriles is 1. The summed E-state index contributed by atoms with van der Waals surface area (Å²) in [6.45, 7) is 4.55. The molecule has 172 valence electrons. The fourth-order valence-corrected chi connectivity index (χ4v) is 4.44. The molecule has 3 N–H and O–H groups in total. The maximum atomic E-state index is 12.8. The van der Waals surface area contributed by atoms with E-state index >= 15 is 0 Å². The zero-order chi connectivity index (χ0) is 23.5. The Morgan fingerprint density at radius 3 is 2.76 bits per heavy atom. The van der Waals surface area contributed by atoms with Gasteiger partial charge in [-0.05, 0) is 44.4 Å². The van der Waals surface area contributed by atoms with E-state index in [9.17, 15) is 14.9 Å². The molecule has 3 heterocycles. The van der Waals surface area contributed by atoms with E-state index in [0.29, 0.717) is 35.5 Å². The first-order valence-corrected chi connectivity index (χ1v) is 11.6. The molecule has 1 aliphatic carbocycles. The summed E-state index contributed by atoms with van der Waals surface area (Å²) in [5.41, 5.74) is 7.44. The van der Waals surface area contributed by atoms with Gasteiger partial charge in [0, 0.05) is 24.6 Å². The minimum absolute atomic E-state index is 0.0776. The SMILES string of the molecule is Cc1c(C#N)c(NC(=O)CSc2nnc(C3CC3)n2CCC(N)=O)n(Cc2ccco2)c1C. The molecule has 3 aromatic heterocycles. The maximum Gasteiger partial charge on any atom is 0.235 e. The van der Waals surface area contributed by atoms with Crippen molar-refractivity contribution < 1.29 is 14.0 Å². The Hall–Kier alpha value is -3.52. The van der Waals surface area contributed by atoms with Gasteiger partial charge in [-0.15, -0.1) is 10.2 Å². The van der Waals surface area contributed by atoms with Gasteiger partial charge in [0.25, 0.3) is 0 Å². The lowest BCUT2D eigenvalue weighted by Gasteiger charge is -2.12. The zero-order valence-corrected chi connectivity index (χ0v) is 19.3. The van der Waals surface area contributed by atoms with Crippen LogP contribution in [0, 0.1) is 25.2 Å². The Morgan fingerprint density at radius 1 is 1.33 bits per heavy atom. The van der Waals surface area contributed by atoms with E-state index in [1.54, 1.807) is 12.3 Å². The molecule has 0 radical (unpaired) electrons. The number of anilines is 1. The van der Waals surface area contributed by atoms with E-state index in [1.165, 1.54) is 11.8 Å². The lowest BCUT2D eigenvalue weighted by atomic mass is 10.2. The highest BCUT2D eigenvalue weighted by Crippen LogP contribution is 2.40. The molecule has 0 unspecified atom stereocenters. The first kappa shape index (κ1) is 22.7. The van der Waals surface area contributed by atoms with Crippen molar-refractivity contribution in [2.75, 3.05) is 11.1 Å². The lowest BCUT2D eigenvalue weighted by Crippen LogP contribution is -2.19. The van der Waals surface area contributed by atoms with Crippen molar-refractivity contribution in [3.8, 4) is 6.07 Å². The predicted octanol–water partition coefficient (Wildman–Crippen LogP) is 2.69. The molecule has 3 aromatic rings. The van der Waals surface area contributed by atoms with Crippen molar-refractivity contribution in [1.82, 2.24) is 19.3 Å². The minimum atomic E-state index is -0.397. The Kier molecular flexibility index (Phi) is 6.55. The number of nitrogens with one attached hydrogen (secondary N) is 1. The molecule has 0 spiro atoms. The summed E-state index contributed by atoms with van der Waals surface area (Å²) in [5, 5.41) is 21.6. The number of carbonyl (C=O) groups is 2. The van der Waals surface area contributed by atoms with Gasteiger partial charge in [-0.25, -0.2) is 0 Å². The van der Waals surface area contributed by atoms with Gasteiger partial charge in [0.1, 0.15) is 23.5 Å². The summed E-state index contributed by atoms with van der Waals surface area (Å²) >= 11 is 1.24. The van der Waals surface area contributed by atoms with Gasteiger partial charge >= 0.3 is 0 Å². The van der Waals surface area contributed by atoms with Crippen LogP contribution in [0.2, 0.25) is 0 Å². The van der Waals surface area contributed by atoms with Crippen molar-refractivity contribution in [1.29, 1.82) is 5.26 Å². The second-order valence-corrected chi connectivity index (χ2v) is 8.97. The molecule has 0 atom stereocenters. The number of aromatic nitrogens is 4. The van der Waals surface area contributed by atoms with Crippen LogP contribution < -0.4 is 11.1 Å². The van der Waals surface area contributed by atoms with Gasteiger partial charge < -0.3 is 24.6 Å². The van der Waals surface area contributed by atoms with Crippen LogP contribution in [0.3, 0.4) is 0 Å². The summed E-state index contributed by atoms with van der Waals surface area (Å²) in [6.07, 6.45) is 3.86. The molecule has 0 aromatic carbocycles. The summed E-state index contributed by atoms with van der Waals surface area (Å²) in [7, 11) is 0. The highest BCUT2D eigenvalue weighted by Gasteiger charge is 2.30. The fourth-order valence-electron chi connectivity index (χ4n) is 3.67. The van der Waals surface area contributed by atoms with E-state index in [0.717, 1.165) is 35.7 Å². The van der Waals surface area contributed by atoms with Gasteiger partial charge in [-0.2, -0.15) is 5.26 Å². The first-order valence-electron chi connectivity index (χ1n) is 10.6. The second kappa shape index (κ2) is 9.54. The molecule has 11 heteroatoms. The van der Waals surface area contributed by atoms with Crippen LogP contribution >= 0.6 is 11.8 Å². The molecular weight excluding hydrogens is 442 g/mol. The van der Waals surface area contributed by atoms with E-state index in [4.69, 9.17) is 10.2 Å². The number of nitrogens with two attached hydrogens (primary N) is 1. The van der Waals surface area contributed by atoms with Crippen LogP contribution in [0.1, 0.15) is 53.6 Å². The molecule has 0 saturated heterocycles. The highest BCUT2D eigenvalue weighted by molar-refractivity contribution is 7.99. The third-order valence-corrected chi connectivity index (χ3v) is 6.66. The van der Waals surface area contributed by atoms with E-state index < -0.39 is 5.91 Å². The number of amides is 2. The van der Waals surface area contributed by atoms with Crippen LogP contribution in [-0.4, -0.2) is 36.9 Å². The summed E-state index contributed by atoms with van der Waals surface area (Å²) in [5.74, 6) is 1.76. The standard InChI is InChI=1S/C22H25N7O3S/c1-13-14(2)29(11-16-4-3-9-32-16)21(17(13)10-23)25-19(31)12-33-22-27-26-20(15-5-6-15)28(22)8-7-18(24)30/h3-4,9,15H,5-8,11-12H2,1-2H3,(H2,24,30)(H,25,31). The number of hydrogen-bond acceptors (Lipinski definition) is 7. The number of rotatable bonds is 10. The Morgan fingerprint density at radius 2 is 2.12 bits per heavy atom. The molecule has 1 saturated carbocycles. The molecule has 1 aliphatic rings. The second-order valence-electron chi connectivity index (χ2n) is 8.03. The fraction of sp³-hybridized carbons (Fsp3) is 0.409. The molecule has 1 fully saturated rings. The molecule has 2 amide bonds. The van der Waals surface area contributed by atoms with Crippen molar-refractivity contribution in [2.24, 2.45) is 5.73 Å². The van der Waals surface area contributed by atoms with Crippen LogP contribution in [0.25, 0.3) is 0 Å². The highest BCUT2D eigenvalue weighted by atomic mass is 32.2. The molecule has 10 nitrogen and oxygen atoms in total. The van der Waals surface area contributed by atoms with Crippen molar-refractivity contribution in [3.05, 3.63) is 46.8 Å². The van der Waals surface area contributed by atoms with Gasteiger partial charge in [0.2, 0.25) is 11.8 Å². The van der Waals surface area contributed by atoms with Crippen molar-refractivity contribution in [3.63, 3.8) is 0 Å². The summed E-state index contributed by atoms with van der Waals surface area (Å²) < 4.78 is 9.20. The Balaban J connectivity index is 1.49. The molecule has 0 aliphatic heterocycles. The largest absolute Gasteiger partial charge is 0.467 e. The number of hydrogen-bond donors (Lipinski definition) is 2. The summed E-state index contributed by atoms with van der Waals surface area (Å²) in [6, 6.07) is 5.84. The van der Waals surface area contributed by atoms with Crippen LogP contribution in [0.15, 0.2) is 28.0 Å². The quantitative estimate of drug-likeness (QED) is 0.436. The zero-order valence-electron chi connectivity index (χ0n) is 18.5. The Bertz CT molecular complexity index is 1220. The minimum Gasteiger partial charge on any atom is -0.467 e. The van der Waals surface area contributed by atoms with Gasteiger partial charge in [-0.1, -0.05) is 11.8 Å². The number of nitrogens with zero attached hydrogens (tertiary/aromatic N) is 5. The maximum absolute atomic E-state index is 12.8. The Labute approximate surface area is 195 Å². The molecule has 33 heavy (non-hydrogen) atoms. The van der Waals surface area contributed by atoms with Gasteiger partial charge in [0.05, 0.1) is 24.1 Å².